The second-order valence-corrected chi connectivity index (χ2v) is 11.0. The van der Waals surface area contributed by atoms with E-state index in [1.54, 1.807) is 0 Å². The van der Waals surface area contributed by atoms with Crippen molar-refractivity contribution in [2.24, 2.45) is 0 Å². The van der Waals surface area contributed by atoms with Crippen molar-refractivity contribution < 1.29 is 0 Å². The number of aromatic nitrogens is 2. The zero-order valence-corrected chi connectivity index (χ0v) is 24.1. The molecule has 0 radical (unpaired) electrons. The molecule has 8 rings (SSSR count). The van der Waals surface area contributed by atoms with Gasteiger partial charge in [0.2, 0.25) is 0 Å². The SMILES string of the molecule is c1ccc(-c2cc(-c3ccccc3)cc(-c3c4ccccc4c(-c4cccc(-c5ccncc5)n4)c4ccccc34)c2)cc1. The standard InChI is InChI=1S/C42H28N2/c1-3-12-29(13-4-1)32-26-33(30-14-5-2-6-15-30)28-34(27-32)41-35-16-7-9-18-37(35)42(38-19-10-8-17-36(38)41)40-21-11-20-39(44-40)31-22-24-43-25-23-31/h1-28H. The van der Waals surface area contributed by atoms with E-state index in [0.29, 0.717) is 0 Å². The van der Waals surface area contributed by atoms with E-state index in [1.165, 1.54) is 54.9 Å². The van der Waals surface area contributed by atoms with E-state index in [2.05, 4.69) is 151 Å². The monoisotopic (exact) mass is 560 g/mol. The van der Waals surface area contributed by atoms with Crippen LogP contribution in [-0.4, -0.2) is 9.97 Å². The largest absolute Gasteiger partial charge is 0.265 e. The number of hydrogen-bond donors (Lipinski definition) is 0. The van der Waals surface area contributed by atoms with Crippen LogP contribution in [0.4, 0.5) is 0 Å². The van der Waals surface area contributed by atoms with Gasteiger partial charge in [-0.15, -0.1) is 0 Å². The van der Waals surface area contributed by atoms with Gasteiger partial charge in [-0.05, 0) is 97.4 Å². The third-order valence-corrected chi connectivity index (χ3v) is 8.35. The van der Waals surface area contributed by atoms with Gasteiger partial charge in [0.1, 0.15) is 0 Å². The quantitative estimate of drug-likeness (QED) is 0.196. The summed E-state index contributed by atoms with van der Waals surface area (Å²) >= 11 is 0. The highest BCUT2D eigenvalue weighted by Gasteiger charge is 2.19. The van der Waals surface area contributed by atoms with E-state index in [1.807, 2.05) is 24.5 Å². The molecule has 0 aliphatic rings. The van der Waals surface area contributed by atoms with Crippen LogP contribution in [0.1, 0.15) is 0 Å². The minimum atomic E-state index is 0.935. The van der Waals surface area contributed by atoms with Gasteiger partial charge < -0.3 is 0 Å². The number of pyridine rings is 2. The molecule has 0 saturated carbocycles. The van der Waals surface area contributed by atoms with Crippen LogP contribution < -0.4 is 0 Å². The van der Waals surface area contributed by atoms with E-state index in [4.69, 9.17) is 4.98 Å². The van der Waals surface area contributed by atoms with Gasteiger partial charge in [-0.1, -0.05) is 115 Å². The van der Waals surface area contributed by atoms with Crippen molar-refractivity contribution in [3.8, 4) is 55.9 Å². The molecule has 2 aromatic heterocycles. The summed E-state index contributed by atoms with van der Waals surface area (Å²) in [5, 5.41) is 4.79. The molecule has 44 heavy (non-hydrogen) atoms. The van der Waals surface area contributed by atoms with Gasteiger partial charge in [0, 0.05) is 23.5 Å². The molecule has 0 N–H and O–H groups in total. The van der Waals surface area contributed by atoms with Crippen molar-refractivity contribution in [2.75, 3.05) is 0 Å². The van der Waals surface area contributed by atoms with E-state index in [-0.39, 0.29) is 0 Å². The molecule has 0 bridgehead atoms. The van der Waals surface area contributed by atoms with Crippen molar-refractivity contribution in [3.05, 3.63) is 170 Å². The number of fused-ring (bicyclic) bond motifs is 2. The fraction of sp³-hybridized carbons (Fsp3) is 0. The van der Waals surface area contributed by atoms with Gasteiger partial charge >= 0.3 is 0 Å². The predicted octanol–water partition coefficient (Wildman–Crippen LogP) is 11.1. The molecule has 0 atom stereocenters. The molecule has 0 fully saturated rings. The van der Waals surface area contributed by atoms with Crippen LogP contribution in [0.25, 0.3) is 77.4 Å². The molecule has 206 valence electrons. The highest BCUT2D eigenvalue weighted by Crippen LogP contribution is 2.45. The number of hydrogen-bond acceptors (Lipinski definition) is 2. The maximum Gasteiger partial charge on any atom is 0.0722 e. The van der Waals surface area contributed by atoms with E-state index in [0.717, 1.165) is 22.5 Å². The molecule has 0 amide bonds. The topological polar surface area (TPSA) is 25.8 Å². The average Bonchev–Trinajstić information content (AvgIpc) is 3.11. The molecule has 0 saturated heterocycles. The summed E-state index contributed by atoms with van der Waals surface area (Å²) in [7, 11) is 0. The van der Waals surface area contributed by atoms with Crippen LogP contribution in [0.2, 0.25) is 0 Å². The van der Waals surface area contributed by atoms with Crippen LogP contribution in [-0.2, 0) is 0 Å². The molecule has 0 unspecified atom stereocenters. The Hall–Kier alpha value is -5.86. The zero-order chi connectivity index (χ0) is 29.3. The highest BCUT2D eigenvalue weighted by atomic mass is 14.7. The van der Waals surface area contributed by atoms with Crippen LogP contribution in [0, 0.1) is 0 Å². The summed E-state index contributed by atoms with van der Waals surface area (Å²) in [6.07, 6.45) is 3.63. The molecule has 0 aliphatic carbocycles. The van der Waals surface area contributed by atoms with Gasteiger partial charge in [0.15, 0.2) is 0 Å². The molecule has 8 aromatic rings. The fourth-order valence-electron chi connectivity index (χ4n) is 6.34. The Labute approximate surface area is 257 Å². The van der Waals surface area contributed by atoms with Crippen LogP contribution in [0.5, 0.6) is 0 Å². The molecule has 0 aliphatic heterocycles. The van der Waals surface area contributed by atoms with Crippen LogP contribution in [0.15, 0.2) is 170 Å². The smallest absolute Gasteiger partial charge is 0.0722 e. The first kappa shape index (κ1) is 25.8. The first-order valence-corrected chi connectivity index (χ1v) is 14.9. The van der Waals surface area contributed by atoms with Crippen molar-refractivity contribution in [2.45, 2.75) is 0 Å². The second kappa shape index (κ2) is 11.1. The minimum Gasteiger partial charge on any atom is -0.265 e. The van der Waals surface area contributed by atoms with Crippen molar-refractivity contribution in [3.63, 3.8) is 0 Å². The third-order valence-electron chi connectivity index (χ3n) is 8.35. The Morgan fingerprint density at radius 3 is 1.30 bits per heavy atom. The summed E-state index contributed by atoms with van der Waals surface area (Å²) in [5.74, 6) is 0. The summed E-state index contributed by atoms with van der Waals surface area (Å²) in [6, 6.07) is 56.2. The van der Waals surface area contributed by atoms with Crippen molar-refractivity contribution >= 4 is 21.5 Å². The minimum absolute atomic E-state index is 0.935. The Kier molecular flexibility index (Phi) is 6.51. The second-order valence-electron chi connectivity index (χ2n) is 11.0. The highest BCUT2D eigenvalue weighted by molar-refractivity contribution is 6.21. The lowest BCUT2D eigenvalue weighted by Gasteiger charge is -2.19. The molecule has 0 spiro atoms. The number of rotatable bonds is 5. The van der Waals surface area contributed by atoms with Gasteiger partial charge in [0.05, 0.1) is 11.4 Å². The zero-order valence-electron chi connectivity index (χ0n) is 24.1. The molecule has 6 aromatic carbocycles. The van der Waals surface area contributed by atoms with Crippen LogP contribution >= 0.6 is 0 Å². The molecular weight excluding hydrogens is 532 g/mol. The van der Waals surface area contributed by atoms with Gasteiger partial charge in [-0.25, -0.2) is 4.98 Å². The van der Waals surface area contributed by atoms with Gasteiger partial charge in [-0.2, -0.15) is 0 Å². The molecular formula is C42H28N2. The Balaban J connectivity index is 1.43. The molecule has 2 heterocycles. The summed E-state index contributed by atoms with van der Waals surface area (Å²) in [5.41, 5.74) is 11.3. The lowest BCUT2D eigenvalue weighted by atomic mass is 9.85. The maximum atomic E-state index is 5.20. The summed E-state index contributed by atoms with van der Waals surface area (Å²) in [4.78, 5) is 9.39. The third kappa shape index (κ3) is 4.63. The van der Waals surface area contributed by atoms with Crippen molar-refractivity contribution in [1.82, 2.24) is 9.97 Å². The molecule has 2 heteroatoms. The maximum absolute atomic E-state index is 5.20. The lowest BCUT2D eigenvalue weighted by Crippen LogP contribution is -1.94. The summed E-state index contributed by atoms with van der Waals surface area (Å²) in [6.45, 7) is 0. The van der Waals surface area contributed by atoms with Crippen molar-refractivity contribution in [1.29, 1.82) is 0 Å². The Bertz CT molecular complexity index is 2140. The molecule has 2 nitrogen and oxygen atoms in total. The van der Waals surface area contributed by atoms with Gasteiger partial charge in [0.25, 0.3) is 0 Å². The number of benzene rings is 6. The lowest BCUT2D eigenvalue weighted by molar-refractivity contribution is 1.29. The van der Waals surface area contributed by atoms with E-state index in [9.17, 15) is 0 Å². The fourth-order valence-corrected chi connectivity index (χ4v) is 6.34. The van der Waals surface area contributed by atoms with Crippen LogP contribution in [0.3, 0.4) is 0 Å². The average molecular weight is 561 g/mol. The number of nitrogens with zero attached hydrogens (tertiary/aromatic N) is 2. The Morgan fingerprint density at radius 2 is 0.750 bits per heavy atom. The first-order valence-electron chi connectivity index (χ1n) is 14.9. The Morgan fingerprint density at radius 1 is 0.295 bits per heavy atom. The normalized spacial score (nSPS) is 11.2. The first-order chi connectivity index (χ1) is 21.8. The predicted molar refractivity (Wildman–Crippen MR) is 184 cm³/mol. The van der Waals surface area contributed by atoms with E-state index < -0.39 is 0 Å². The van der Waals surface area contributed by atoms with Gasteiger partial charge in [-0.3, -0.25) is 4.98 Å². The van der Waals surface area contributed by atoms with E-state index >= 15 is 0 Å². The summed E-state index contributed by atoms with van der Waals surface area (Å²) < 4.78 is 0.